The van der Waals surface area contributed by atoms with Crippen LogP contribution in [0.1, 0.15) is 16.7 Å². The summed E-state index contributed by atoms with van der Waals surface area (Å²) < 4.78 is 143. The number of aliphatic carboxylic acids is 1. The molecule has 29 heteroatoms. The molecule has 17 nitrogen and oxygen atoms in total. The van der Waals surface area contributed by atoms with E-state index in [1.165, 1.54) is 17.7 Å². The quantitative estimate of drug-likeness (QED) is 0.0378. The van der Waals surface area contributed by atoms with Gasteiger partial charge in [0.05, 0.1) is 31.3 Å². The number of carbonyl (C=O) groups is 2. The fraction of sp³-hybridized carbons (Fsp3) is 0.310. The molecule has 321 valence electrons. The van der Waals surface area contributed by atoms with E-state index in [2.05, 4.69) is 61.0 Å². The van der Waals surface area contributed by atoms with E-state index in [1.54, 1.807) is 12.1 Å². The van der Waals surface area contributed by atoms with Gasteiger partial charge in [-0.1, -0.05) is 83.9 Å². The number of carboxylic acid groups (broad SMARTS) is 1. The first-order chi connectivity index (χ1) is 24.7. The maximum atomic E-state index is 12.2. The Bertz CT molecular complexity index is 1840. The van der Waals surface area contributed by atoms with Crippen LogP contribution in [0.25, 0.3) is 0 Å². The second-order valence-electron chi connectivity index (χ2n) is 9.31. The van der Waals surface area contributed by atoms with Crippen LogP contribution in [0.3, 0.4) is 0 Å². The van der Waals surface area contributed by atoms with Crippen LogP contribution in [0, 0.1) is 13.8 Å². The molecule has 3 aromatic carbocycles. The molecule has 0 aliphatic rings. The number of aliphatic hydroxyl groups is 2. The zero-order chi connectivity index (χ0) is 42.8. The number of aliphatic hydroxyl groups excluding tert-OH is 2. The molecule has 0 atom stereocenters. The minimum atomic E-state index is -6.08. The molecule has 0 saturated heterocycles. The van der Waals surface area contributed by atoms with Crippen molar-refractivity contribution in [3.63, 3.8) is 0 Å². The van der Waals surface area contributed by atoms with Gasteiger partial charge in [-0.3, -0.25) is 4.55 Å². The van der Waals surface area contributed by atoms with Crippen LogP contribution in [0.15, 0.2) is 89.8 Å². The monoisotopic (exact) mass is 1180 g/mol. The standard InChI is InChI=1S/C9H12O2.C7H8O3S.C7H8.C4H6F2O6S.C2H2F2O5S.I2.2Na.H2O.V/c10-6-7-11-8-9-4-2-1-3-5-9;1-6-2-4-7(5-3-6)11(8,9)10;1-7-5-3-2-4-6-7;5-4(6,13(9,10)11)3(8)12-2-1-7;3-2(4,1(5)6)10(7,8)9;1-2;;;;/h1-5,10H,6-8H2;2-5H,1H3,(H,8,9,10);2-6H,1H3;7H,1-2H2,(H,9,10,11);(H,5,6)(H,7,8,9);;;;1H2;/q;;;;;;2*+1;;/p-2. The molecule has 0 aromatic heterocycles. The number of carboxylic acids is 1. The molecule has 6 N–H and O–H groups in total. The summed E-state index contributed by atoms with van der Waals surface area (Å²) in [6.45, 7) is 3.46. The molecule has 3 rings (SSSR count). The number of alkyl halides is 4. The molecular formula is C29H36F4I2Na2O17S3V. The summed E-state index contributed by atoms with van der Waals surface area (Å²) in [7, 11) is -16.2. The van der Waals surface area contributed by atoms with Gasteiger partial charge in [0, 0.05) is 55.8 Å². The predicted molar refractivity (Wildman–Crippen MR) is 202 cm³/mol. The van der Waals surface area contributed by atoms with E-state index in [9.17, 15) is 61.5 Å². The number of esters is 1. The van der Waals surface area contributed by atoms with E-state index in [0.717, 1.165) is 11.1 Å². The van der Waals surface area contributed by atoms with Gasteiger partial charge in [0.15, 0.2) is 20.2 Å². The number of rotatable bonds is 11. The fourth-order valence-corrected chi connectivity index (χ4v) is 3.46. The molecule has 0 spiro atoms. The number of hydrogen-bond donors (Lipinski definition) is 4. The topological polar surface area (TPSA) is 314 Å². The van der Waals surface area contributed by atoms with Gasteiger partial charge >= 0.3 is 81.6 Å². The molecule has 0 saturated carbocycles. The van der Waals surface area contributed by atoms with E-state index in [4.69, 9.17) is 24.6 Å². The molecule has 1 radical (unpaired) electrons. The second kappa shape index (κ2) is 37.5. The van der Waals surface area contributed by atoms with Gasteiger partial charge < -0.3 is 39.4 Å². The number of ether oxygens (including phenoxy) is 2. The third-order valence-electron chi connectivity index (χ3n) is 5.05. The van der Waals surface area contributed by atoms with Crippen molar-refractivity contribution in [2.75, 3.05) is 26.4 Å². The Morgan fingerprint density at radius 3 is 1.33 bits per heavy atom. The van der Waals surface area contributed by atoms with Gasteiger partial charge in [-0.05, 0) is 31.5 Å². The molecule has 0 fully saturated rings. The first kappa shape index (κ1) is 72.4. The number of benzene rings is 3. The molecular weight excluding hydrogens is 1140 g/mol. The predicted octanol–water partition coefficient (Wildman–Crippen LogP) is -2.75. The summed E-state index contributed by atoms with van der Waals surface area (Å²) in [5, 5.41) is 13.6. The van der Waals surface area contributed by atoms with E-state index in [1.807, 2.05) is 55.5 Å². The van der Waals surface area contributed by atoms with Crippen LogP contribution < -0.4 is 59.1 Å². The molecule has 0 unspecified atom stereocenters. The Morgan fingerprint density at radius 1 is 0.690 bits per heavy atom. The van der Waals surface area contributed by atoms with Crippen molar-refractivity contribution < 1.29 is 174 Å². The van der Waals surface area contributed by atoms with Gasteiger partial charge in [0.2, 0.25) is 0 Å². The van der Waals surface area contributed by atoms with Crippen LogP contribution >= 0.6 is 37.2 Å². The maximum Gasteiger partial charge on any atom is 1.00 e. The van der Waals surface area contributed by atoms with Crippen molar-refractivity contribution in [2.24, 2.45) is 0 Å². The van der Waals surface area contributed by atoms with Crippen LogP contribution in [0.2, 0.25) is 0 Å². The Labute approximate surface area is 412 Å². The number of aryl methyl sites for hydroxylation is 2. The van der Waals surface area contributed by atoms with Crippen molar-refractivity contribution in [2.45, 2.75) is 35.9 Å². The zero-order valence-electron chi connectivity index (χ0n) is 30.7. The zero-order valence-corrected chi connectivity index (χ0v) is 42.9. The molecule has 58 heavy (non-hydrogen) atoms. The maximum absolute atomic E-state index is 12.2. The van der Waals surface area contributed by atoms with E-state index < -0.39 is 66.0 Å². The van der Waals surface area contributed by atoms with E-state index in [0.29, 0.717) is 13.2 Å². The number of hydrogen-bond acceptors (Lipinski definition) is 14. The summed E-state index contributed by atoms with van der Waals surface area (Å²) >= 11 is 4.24. The third-order valence-corrected chi connectivity index (χ3v) is 7.51. The summed E-state index contributed by atoms with van der Waals surface area (Å²) in [5.74, 6) is -5.46. The van der Waals surface area contributed by atoms with Crippen molar-refractivity contribution in [3.8, 4) is 0 Å². The summed E-state index contributed by atoms with van der Waals surface area (Å²) in [6.07, 6.45) is 0. The number of halogens is 6. The van der Waals surface area contributed by atoms with Gasteiger partial charge in [-0.15, -0.1) is 0 Å². The molecule has 0 aliphatic heterocycles. The first-order valence-corrected chi connectivity index (χ1v) is 24.4. The van der Waals surface area contributed by atoms with Gasteiger partial charge in [-0.25, -0.2) is 26.4 Å². The van der Waals surface area contributed by atoms with E-state index in [-0.39, 0.29) is 94.6 Å². The van der Waals surface area contributed by atoms with Crippen molar-refractivity contribution in [1.82, 2.24) is 0 Å². The van der Waals surface area contributed by atoms with E-state index >= 15 is 0 Å². The second-order valence-corrected chi connectivity index (χ2v) is 13.6. The van der Waals surface area contributed by atoms with Crippen LogP contribution in [-0.4, -0.2) is 109 Å². The summed E-state index contributed by atoms with van der Waals surface area (Å²) in [6, 6.07) is 26.2. The SMILES string of the molecule is Cc1ccc(S(=O)(=O)O)cc1.Cc1ccccc1.II.O.O=C(O)C(F)(F)S(=O)(=O)[O-].O=C(OCCO)C(F)(F)S(=O)(=O)[O-].OCCOCc1ccccc1.[Na+].[Na+].[V]. The first-order valence-electron chi connectivity index (χ1n) is 13.9. The van der Waals surface area contributed by atoms with Crippen LogP contribution in [-0.2, 0) is 74.6 Å². The molecule has 3 aromatic rings. The Kier molecular flexibility index (Phi) is 46.8. The normalized spacial score (nSPS) is 10.3. The van der Waals surface area contributed by atoms with Gasteiger partial charge in [0.25, 0.3) is 10.1 Å². The van der Waals surface area contributed by atoms with Crippen LogP contribution in [0.5, 0.6) is 0 Å². The minimum absolute atomic E-state index is 0. The average Bonchev–Trinajstić information content (AvgIpc) is 3.09. The largest absolute Gasteiger partial charge is 1.00 e. The molecule has 0 bridgehead atoms. The van der Waals surface area contributed by atoms with Gasteiger partial charge in [-0.2, -0.15) is 26.0 Å². The summed E-state index contributed by atoms with van der Waals surface area (Å²) in [4.78, 5) is 19.5. The summed E-state index contributed by atoms with van der Waals surface area (Å²) in [5.41, 5.74) is 3.42. The third kappa shape index (κ3) is 33.5. The molecule has 0 heterocycles. The minimum Gasteiger partial charge on any atom is -0.743 e. The van der Waals surface area contributed by atoms with Crippen molar-refractivity contribution >= 4 is 79.5 Å². The Balaban J connectivity index is -0.000000110. The van der Waals surface area contributed by atoms with Crippen LogP contribution in [0.4, 0.5) is 17.6 Å². The van der Waals surface area contributed by atoms with Crippen molar-refractivity contribution in [1.29, 1.82) is 0 Å². The number of carbonyl (C=O) groups excluding carboxylic acids is 1. The molecule has 0 aliphatic carbocycles. The van der Waals surface area contributed by atoms with Crippen molar-refractivity contribution in [3.05, 3.63) is 102 Å². The van der Waals surface area contributed by atoms with Gasteiger partial charge in [0.1, 0.15) is 6.61 Å². The average molecular weight is 1180 g/mol. The molecule has 0 amide bonds. The smallest absolute Gasteiger partial charge is 0.743 e. The fourth-order valence-electron chi connectivity index (χ4n) is 2.50. The Morgan fingerprint density at radius 2 is 1.05 bits per heavy atom. The Hall–Kier alpha value is -0.0656.